The van der Waals surface area contributed by atoms with Crippen molar-refractivity contribution in [3.05, 3.63) is 53.6 Å². The minimum Gasteiger partial charge on any atom is -0.497 e. The van der Waals surface area contributed by atoms with Gasteiger partial charge in [0.15, 0.2) is 11.5 Å². The molecule has 0 spiro atoms. The Hall–Kier alpha value is -3.79. The largest absolute Gasteiger partial charge is 0.497 e. The number of hydrogen-bond donors (Lipinski definition) is 1. The first-order valence-corrected chi connectivity index (χ1v) is 8.49. The molecule has 0 aromatic heterocycles. The molecule has 2 aromatic carbocycles. The highest BCUT2D eigenvalue weighted by atomic mass is 16.6. The summed E-state index contributed by atoms with van der Waals surface area (Å²) < 4.78 is 15.6. The second-order valence-corrected chi connectivity index (χ2v) is 5.59. The molecule has 0 heterocycles. The molecule has 1 N–H and O–H groups in total. The van der Waals surface area contributed by atoms with Crippen LogP contribution in [0.1, 0.15) is 19.4 Å². The summed E-state index contributed by atoms with van der Waals surface area (Å²) >= 11 is 0. The van der Waals surface area contributed by atoms with Gasteiger partial charge in [0.2, 0.25) is 0 Å². The van der Waals surface area contributed by atoms with E-state index in [0.29, 0.717) is 29.4 Å². The second-order valence-electron chi connectivity index (χ2n) is 5.59. The number of esters is 1. The van der Waals surface area contributed by atoms with Gasteiger partial charge in [0, 0.05) is 12.6 Å². The monoisotopic (exact) mass is 380 g/mol. The van der Waals surface area contributed by atoms with Gasteiger partial charge in [0.05, 0.1) is 13.7 Å². The molecule has 1 amide bonds. The minimum atomic E-state index is -0.547. The maximum absolute atomic E-state index is 12.4. The highest BCUT2D eigenvalue weighted by molar-refractivity contribution is 6.09. The zero-order valence-corrected chi connectivity index (χ0v) is 15.8. The number of ether oxygens (including phenoxy) is 3. The lowest BCUT2D eigenvalue weighted by Gasteiger charge is -2.10. The summed E-state index contributed by atoms with van der Waals surface area (Å²) in [5, 5.41) is 12.0. The number of nitrogens with zero attached hydrogens (tertiary/aromatic N) is 1. The first-order valence-electron chi connectivity index (χ1n) is 8.49. The number of carbonyl (C=O) groups excluding carboxylic acids is 2. The number of methoxy groups -OCH3 is 1. The van der Waals surface area contributed by atoms with E-state index in [1.54, 1.807) is 56.5 Å². The lowest BCUT2D eigenvalue weighted by atomic mass is 10.1. The van der Waals surface area contributed by atoms with E-state index in [1.165, 1.54) is 13.0 Å². The van der Waals surface area contributed by atoms with E-state index in [0.717, 1.165) is 0 Å². The Labute approximate surface area is 163 Å². The predicted octanol–water partition coefficient (Wildman–Crippen LogP) is 3.56. The Kier molecular flexibility index (Phi) is 7.17. The Morgan fingerprint density at radius 3 is 2.43 bits per heavy atom. The molecule has 0 saturated carbocycles. The third kappa shape index (κ3) is 5.61. The normalized spacial score (nSPS) is 10.6. The number of hydrogen-bond acceptors (Lipinski definition) is 6. The van der Waals surface area contributed by atoms with Crippen molar-refractivity contribution in [2.45, 2.75) is 13.8 Å². The van der Waals surface area contributed by atoms with Gasteiger partial charge in [0.25, 0.3) is 5.91 Å². The Morgan fingerprint density at radius 2 is 1.86 bits per heavy atom. The molecule has 7 nitrogen and oxygen atoms in total. The van der Waals surface area contributed by atoms with Gasteiger partial charge in [0.1, 0.15) is 17.4 Å². The number of rotatable bonds is 7. The molecule has 0 saturated heterocycles. The van der Waals surface area contributed by atoms with Gasteiger partial charge < -0.3 is 19.5 Å². The second kappa shape index (κ2) is 9.78. The van der Waals surface area contributed by atoms with E-state index in [4.69, 9.17) is 14.2 Å². The summed E-state index contributed by atoms with van der Waals surface area (Å²) in [5.74, 6) is 0.257. The number of anilines is 1. The fourth-order valence-corrected chi connectivity index (χ4v) is 2.31. The molecule has 0 atom stereocenters. The van der Waals surface area contributed by atoms with E-state index in [-0.39, 0.29) is 11.3 Å². The molecule has 0 unspecified atom stereocenters. The molecular weight excluding hydrogens is 360 g/mol. The Morgan fingerprint density at radius 1 is 1.14 bits per heavy atom. The van der Waals surface area contributed by atoms with Crippen molar-refractivity contribution < 1.29 is 23.8 Å². The van der Waals surface area contributed by atoms with Gasteiger partial charge in [-0.25, -0.2) is 0 Å². The van der Waals surface area contributed by atoms with Crippen molar-refractivity contribution >= 4 is 23.6 Å². The molecule has 2 rings (SSSR count). The van der Waals surface area contributed by atoms with Gasteiger partial charge >= 0.3 is 5.97 Å². The SMILES string of the molecule is CCOc1cc(/C=C(\C#N)C(=O)Nc2ccc(OC)cc2)ccc1OC(C)=O. The molecule has 0 aliphatic heterocycles. The van der Waals surface area contributed by atoms with E-state index < -0.39 is 11.9 Å². The first-order chi connectivity index (χ1) is 13.5. The summed E-state index contributed by atoms with van der Waals surface area (Å²) in [5.41, 5.74) is 1.01. The quantitative estimate of drug-likeness (QED) is 0.341. The minimum absolute atomic E-state index is 0.0847. The Bertz CT molecular complexity index is 927. The standard InChI is InChI=1S/C21H20N2O5/c1-4-27-20-12-15(5-10-19(20)28-14(2)24)11-16(13-22)21(25)23-17-6-8-18(26-3)9-7-17/h5-12H,4H2,1-3H3,(H,23,25)/b16-11+. The van der Waals surface area contributed by atoms with E-state index >= 15 is 0 Å². The molecule has 0 bridgehead atoms. The van der Waals surface area contributed by atoms with E-state index in [2.05, 4.69) is 5.32 Å². The molecule has 0 radical (unpaired) electrons. The van der Waals surface area contributed by atoms with Gasteiger partial charge in [-0.3, -0.25) is 9.59 Å². The Balaban J connectivity index is 2.24. The molecule has 2 aromatic rings. The summed E-state index contributed by atoms with van der Waals surface area (Å²) in [7, 11) is 1.55. The highest BCUT2D eigenvalue weighted by Gasteiger charge is 2.12. The average molecular weight is 380 g/mol. The number of benzene rings is 2. The van der Waals surface area contributed by atoms with Gasteiger partial charge in [-0.1, -0.05) is 6.07 Å². The van der Waals surface area contributed by atoms with E-state index in [9.17, 15) is 14.9 Å². The topological polar surface area (TPSA) is 97.7 Å². The van der Waals surface area contributed by atoms with E-state index in [1.807, 2.05) is 6.07 Å². The molecule has 7 heteroatoms. The van der Waals surface area contributed by atoms with Crippen molar-refractivity contribution in [2.75, 3.05) is 19.0 Å². The maximum atomic E-state index is 12.4. The summed E-state index contributed by atoms with van der Waals surface area (Å²) in [6, 6.07) is 13.4. The highest BCUT2D eigenvalue weighted by Crippen LogP contribution is 2.29. The lowest BCUT2D eigenvalue weighted by molar-refractivity contribution is -0.132. The van der Waals surface area contributed by atoms with Crippen LogP contribution in [0, 0.1) is 11.3 Å². The number of nitriles is 1. The van der Waals surface area contributed by atoms with Gasteiger partial charge in [-0.15, -0.1) is 0 Å². The fraction of sp³-hybridized carbons (Fsp3) is 0.190. The average Bonchev–Trinajstić information content (AvgIpc) is 2.68. The maximum Gasteiger partial charge on any atom is 0.308 e. The molecule has 28 heavy (non-hydrogen) atoms. The van der Waals surface area contributed by atoms with Crippen LogP contribution in [-0.2, 0) is 9.59 Å². The van der Waals surface area contributed by atoms with Crippen molar-refractivity contribution in [1.29, 1.82) is 5.26 Å². The van der Waals surface area contributed by atoms with Crippen molar-refractivity contribution in [2.24, 2.45) is 0 Å². The summed E-state index contributed by atoms with van der Waals surface area (Å²) in [6.07, 6.45) is 1.43. The number of amides is 1. The van der Waals surface area contributed by atoms with Crippen LogP contribution in [0.25, 0.3) is 6.08 Å². The van der Waals surface area contributed by atoms with Crippen molar-refractivity contribution in [3.8, 4) is 23.3 Å². The van der Waals surface area contributed by atoms with Gasteiger partial charge in [-0.05, 0) is 55.0 Å². The molecule has 0 aliphatic rings. The predicted molar refractivity (Wildman–Crippen MR) is 104 cm³/mol. The molecule has 0 aliphatic carbocycles. The smallest absolute Gasteiger partial charge is 0.308 e. The summed E-state index contributed by atoms with van der Waals surface area (Å²) in [4.78, 5) is 23.6. The van der Waals surface area contributed by atoms with Crippen molar-refractivity contribution in [1.82, 2.24) is 0 Å². The molecule has 0 fully saturated rings. The third-order valence-corrected chi connectivity index (χ3v) is 3.55. The van der Waals surface area contributed by atoms with Gasteiger partial charge in [-0.2, -0.15) is 5.26 Å². The van der Waals surface area contributed by atoms with Crippen LogP contribution in [0.3, 0.4) is 0 Å². The molecular formula is C21H20N2O5. The summed E-state index contributed by atoms with van der Waals surface area (Å²) in [6.45, 7) is 3.45. The zero-order valence-electron chi connectivity index (χ0n) is 15.8. The van der Waals surface area contributed by atoms with Crippen LogP contribution in [0.15, 0.2) is 48.0 Å². The fourth-order valence-electron chi connectivity index (χ4n) is 2.31. The lowest BCUT2D eigenvalue weighted by Crippen LogP contribution is -2.13. The zero-order chi connectivity index (χ0) is 20.5. The molecule has 144 valence electrons. The number of carbonyl (C=O) groups is 2. The van der Waals surface area contributed by atoms with Crippen LogP contribution in [0.5, 0.6) is 17.2 Å². The van der Waals surface area contributed by atoms with Crippen LogP contribution in [0.2, 0.25) is 0 Å². The van der Waals surface area contributed by atoms with Crippen LogP contribution >= 0.6 is 0 Å². The first kappa shape index (κ1) is 20.5. The number of nitrogens with one attached hydrogen (secondary N) is 1. The van der Waals surface area contributed by atoms with Crippen molar-refractivity contribution in [3.63, 3.8) is 0 Å². The van der Waals surface area contributed by atoms with Crippen LogP contribution < -0.4 is 19.5 Å². The third-order valence-electron chi connectivity index (χ3n) is 3.55. The van der Waals surface area contributed by atoms with Crippen LogP contribution in [-0.4, -0.2) is 25.6 Å². The van der Waals surface area contributed by atoms with Crippen LogP contribution in [0.4, 0.5) is 5.69 Å².